The van der Waals surface area contributed by atoms with E-state index in [-0.39, 0.29) is 30.5 Å². The van der Waals surface area contributed by atoms with Crippen LogP contribution in [0.1, 0.15) is 33.6 Å². The zero-order valence-electron chi connectivity index (χ0n) is 10.9. The van der Waals surface area contributed by atoms with Crippen molar-refractivity contribution in [1.82, 2.24) is 4.31 Å². The lowest BCUT2D eigenvalue weighted by Crippen LogP contribution is -2.53. The summed E-state index contributed by atoms with van der Waals surface area (Å²) in [4.78, 5) is 0. The van der Waals surface area contributed by atoms with E-state index in [0.29, 0.717) is 6.54 Å². The first-order valence-electron chi connectivity index (χ1n) is 6.21. The highest BCUT2D eigenvalue weighted by atomic mass is 32.2. The SMILES string of the molecule is CC(C)OCCS(=O)(=O)N1CCCC(C)C1N. The van der Waals surface area contributed by atoms with E-state index in [1.54, 1.807) is 0 Å². The smallest absolute Gasteiger partial charge is 0.217 e. The lowest BCUT2D eigenvalue weighted by molar-refractivity contribution is 0.0898. The van der Waals surface area contributed by atoms with Crippen molar-refractivity contribution >= 4 is 10.0 Å². The van der Waals surface area contributed by atoms with Gasteiger partial charge in [0.05, 0.1) is 24.6 Å². The van der Waals surface area contributed by atoms with Gasteiger partial charge < -0.3 is 10.5 Å². The Balaban J connectivity index is 2.56. The fraction of sp³-hybridized carbons (Fsp3) is 1.00. The maximum absolute atomic E-state index is 12.1. The second kappa shape index (κ2) is 6.13. The van der Waals surface area contributed by atoms with Crippen LogP contribution in [0.2, 0.25) is 0 Å². The second-order valence-electron chi connectivity index (χ2n) is 4.96. The van der Waals surface area contributed by atoms with E-state index in [2.05, 4.69) is 0 Å². The quantitative estimate of drug-likeness (QED) is 0.795. The van der Waals surface area contributed by atoms with Crippen molar-refractivity contribution in [3.63, 3.8) is 0 Å². The number of ether oxygens (including phenoxy) is 1. The normalized spacial score (nSPS) is 27.6. The molecule has 0 aromatic rings. The lowest BCUT2D eigenvalue weighted by atomic mass is 9.99. The Hall–Kier alpha value is -0.170. The van der Waals surface area contributed by atoms with E-state index in [9.17, 15) is 8.42 Å². The predicted octanol–water partition coefficient (Wildman–Crippen LogP) is 0.758. The van der Waals surface area contributed by atoms with Gasteiger partial charge in [-0.15, -0.1) is 0 Å². The van der Waals surface area contributed by atoms with Crippen LogP contribution in [0.15, 0.2) is 0 Å². The molecule has 0 aliphatic carbocycles. The van der Waals surface area contributed by atoms with Crippen molar-refractivity contribution in [3.8, 4) is 0 Å². The first-order valence-corrected chi connectivity index (χ1v) is 7.82. The molecular weight excluding hydrogens is 240 g/mol. The van der Waals surface area contributed by atoms with Crippen molar-refractivity contribution in [2.75, 3.05) is 18.9 Å². The summed E-state index contributed by atoms with van der Waals surface area (Å²) in [5.41, 5.74) is 5.95. The highest BCUT2D eigenvalue weighted by molar-refractivity contribution is 7.89. The van der Waals surface area contributed by atoms with Crippen LogP contribution in [0.5, 0.6) is 0 Å². The molecule has 1 fully saturated rings. The Bertz CT molecular complexity index is 330. The van der Waals surface area contributed by atoms with E-state index < -0.39 is 10.0 Å². The first-order chi connectivity index (χ1) is 7.84. The summed E-state index contributed by atoms with van der Waals surface area (Å²) in [6.07, 6.45) is 1.56. The van der Waals surface area contributed by atoms with Crippen LogP contribution in [0, 0.1) is 5.92 Å². The highest BCUT2D eigenvalue weighted by Crippen LogP contribution is 2.22. The molecule has 102 valence electrons. The molecule has 0 saturated carbocycles. The molecule has 0 bridgehead atoms. The third-order valence-electron chi connectivity index (χ3n) is 3.10. The van der Waals surface area contributed by atoms with Crippen LogP contribution in [-0.4, -0.2) is 43.9 Å². The third-order valence-corrected chi connectivity index (χ3v) is 4.93. The minimum absolute atomic E-state index is 0.0194. The molecule has 1 heterocycles. The Labute approximate surface area is 104 Å². The molecule has 6 heteroatoms. The monoisotopic (exact) mass is 264 g/mol. The van der Waals surface area contributed by atoms with Gasteiger partial charge in [-0.1, -0.05) is 6.92 Å². The number of sulfonamides is 1. The number of nitrogens with two attached hydrogens (primary N) is 1. The summed E-state index contributed by atoms with van der Waals surface area (Å²) in [6, 6.07) is 0. The molecule has 2 N–H and O–H groups in total. The zero-order valence-corrected chi connectivity index (χ0v) is 11.7. The zero-order chi connectivity index (χ0) is 13.1. The van der Waals surface area contributed by atoms with Gasteiger partial charge in [-0.05, 0) is 32.6 Å². The number of nitrogens with zero attached hydrogens (tertiary/aromatic N) is 1. The number of hydrogen-bond acceptors (Lipinski definition) is 4. The fourth-order valence-corrected chi connectivity index (χ4v) is 3.53. The molecule has 0 amide bonds. The Morgan fingerprint density at radius 1 is 1.47 bits per heavy atom. The van der Waals surface area contributed by atoms with Crippen molar-refractivity contribution in [2.45, 2.75) is 45.9 Å². The predicted molar refractivity (Wildman–Crippen MR) is 68.0 cm³/mol. The minimum atomic E-state index is -3.28. The molecule has 1 aliphatic rings. The number of hydrogen-bond donors (Lipinski definition) is 1. The number of piperidine rings is 1. The molecule has 0 spiro atoms. The van der Waals surface area contributed by atoms with Crippen LogP contribution in [-0.2, 0) is 14.8 Å². The summed E-state index contributed by atoms with van der Waals surface area (Å²) >= 11 is 0. The summed E-state index contributed by atoms with van der Waals surface area (Å²) in [5.74, 6) is 0.246. The average Bonchev–Trinajstić information content (AvgIpc) is 2.21. The highest BCUT2D eigenvalue weighted by Gasteiger charge is 2.33. The average molecular weight is 264 g/mol. The molecule has 1 rings (SSSR count). The van der Waals surface area contributed by atoms with E-state index in [4.69, 9.17) is 10.5 Å². The largest absolute Gasteiger partial charge is 0.378 e. The second-order valence-corrected chi connectivity index (χ2v) is 7.00. The van der Waals surface area contributed by atoms with Crippen molar-refractivity contribution in [3.05, 3.63) is 0 Å². The molecular formula is C11H24N2O3S. The van der Waals surface area contributed by atoms with Crippen molar-refractivity contribution in [2.24, 2.45) is 11.7 Å². The van der Waals surface area contributed by atoms with Crippen LogP contribution < -0.4 is 5.73 Å². The molecule has 0 aromatic heterocycles. The summed E-state index contributed by atoms with van der Waals surface area (Å²) in [6.45, 7) is 6.55. The topological polar surface area (TPSA) is 72.6 Å². The Kier molecular flexibility index (Phi) is 5.37. The molecule has 1 saturated heterocycles. The number of rotatable bonds is 5. The van der Waals surface area contributed by atoms with Crippen LogP contribution in [0.25, 0.3) is 0 Å². The van der Waals surface area contributed by atoms with Gasteiger partial charge in [0.25, 0.3) is 0 Å². The molecule has 0 aromatic carbocycles. The van der Waals surface area contributed by atoms with Crippen LogP contribution in [0.3, 0.4) is 0 Å². The molecule has 0 radical (unpaired) electrons. The summed E-state index contributed by atoms with van der Waals surface area (Å²) in [5, 5.41) is 0. The van der Waals surface area contributed by atoms with Gasteiger partial charge in [-0.2, -0.15) is 4.31 Å². The minimum Gasteiger partial charge on any atom is -0.378 e. The van der Waals surface area contributed by atoms with Crippen molar-refractivity contribution in [1.29, 1.82) is 0 Å². The lowest BCUT2D eigenvalue weighted by Gasteiger charge is -2.36. The van der Waals surface area contributed by atoms with Gasteiger partial charge in [-0.3, -0.25) is 0 Å². The summed E-state index contributed by atoms with van der Waals surface area (Å²) < 4.78 is 30.9. The van der Waals surface area contributed by atoms with Gasteiger partial charge >= 0.3 is 0 Å². The maximum Gasteiger partial charge on any atom is 0.217 e. The molecule has 2 atom stereocenters. The van der Waals surface area contributed by atoms with Crippen molar-refractivity contribution < 1.29 is 13.2 Å². The molecule has 1 aliphatic heterocycles. The maximum atomic E-state index is 12.1. The van der Waals surface area contributed by atoms with E-state index in [1.165, 1.54) is 4.31 Å². The Morgan fingerprint density at radius 2 is 2.12 bits per heavy atom. The van der Waals surface area contributed by atoms with E-state index in [0.717, 1.165) is 12.8 Å². The van der Waals surface area contributed by atoms with Crippen LogP contribution >= 0.6 is 0 Å². The molecule has 2 unspecified atom stereocenters. The first kappa shape index (κ1) is 14.9. The van der Waals surface area contributed by atoms with E-state index in [1.807, 2.05) is 20.8 Å². The van der Waals surface area contributed by atoms with Crippen LogP contribution in [0.4, 0.5) is 0 Å². The van der Waals surface area contributed by atoms with Gasteiger partial charge in [0.1, 0.15) is 0 Å². The molecule has 17 heavy (non-hydrogen) atoms. The van der Waals surface area contributed by atoms with Gasteiger partial charge in [0, 0.05) is 6.54 Å². The third kappa shape index (κ3) is 4.21. The fourth-order valence-electron chi connectivity index (χ4n) is 2.00. The Morgan fingerprint density at radius 3 is 2.71 bits per heavy atom. The standard InChI is InChI=1S/C11H24N2O3S/c1-9(2)16-7-8-17(14,15)13-6-4-5-10(3)11(13)12/h9-11H,4-8,12H2,1-3H3. The van der Waals surface area contributed by atoms with Gasteiger partial charge in [0.2, 0.25) is 10.0 Å². The van der Waals surface area contributed by atoms with Gasteiger partial charge in [0.15, 0.2) is 0 Å². The molecule has 5 nitrogen and oxygen atoms in total. The van der Waals surface area contributed by atoms with Gasteiger partial charge in [-0.25, -0.2) is 8.42 Å². The summed E-state index contributed by atoms with van der Waals surface area (Å²) in [7, 11) is -3.28. The van der Waals surface area contributed by atoms with E-state index >= 15 is 0 Å².